The van der Waals surface area contributed by atoms with E-state index >= 15 is 0 Å². The summed E-state index contributed by atoms with van der Waals surface area (Å²) in [6.45, 7) is 4.95. The Hall–Kier alpha value is -1.86. The number of anilines is 1. The van der Waals surface area contributed by atoms with E-state index in [0.29, 0.717) is 22.6 Å². The number of aliphatic hydroxyl groups excluding tert-OH is 1. The minimum Gasteiger partial charge on any atom is -0.389 e. The predicted octanol–water partition coefficient (Wildman–Crippen LogP) is 1.89. The van der Waals surface area contributed by atoms with Gasteiger partial charge in [-0.3, -0.25) is 9.40 Å². The van der Waals surface area contributed by atoms with E-state index in [1.54, 1.807) is 52.1 Å². The van der Waals surface area contributed by atoms with Crippen LogP contribution in [0.25, 0.3) is 0 Å². The van der Waals surface area contributed by atoms with Gasteiger partial charge in [0, 0.05) is 12.6 Å². The van der Waals surface area contributed by atoms with Crippen molar-refractivity contribution in [2.45, 2.75) is 31.8 Å². The molecule has 1 atom stereocenters. The van der Waals surface area contributed by atoms with Gasteiger partial charge < -0.3 is 5.11 Å². The standard InChI is InChI=1S/C14H19N3O3S/c1-9-14(10(2)17(4)15-9)21(19,20)16-13-8-6-5-7-12(13)11(3)18/h5-8,11,16,18H,1-4H3. The molecule has 0 bridgehead atoms. The SMILES string of the molecule is Cc1nn(C)c(C)c1S(=O)(=O)Nc1ccccc1C(C)O. The largest absolute Gasteiger partial charge is 0.389 e. The summed E-state index contributed by atoms with van der Waals surface area (Å²) < 4.78 is 29.2. The van der Waals surface area contributed by atoms with Gasteiger partial charge in [0.15, 0.2) is 0 Å². The maximum atomic E-state index is 12.6. The van der Waals surface area contributed by atoms with Gasteiger partial charge >= 0.3 is 0 Å². The third-order valence-electron chi connectivity index (χ3n) is 3.37. The number of aryl methyl sites for hydroxylation is 2. The van der Waals surface area contributed by atoms with Crippen molar-refractivity contribution in [2.24, 2.45) is 7.05 Å². The van der Waals surface area contributed by atoms with Crippen molar-refractivity contribution in [3.8, 4) is 0 Å². The van der Waals surface area contributed by atoms with Crippen LogP contribution in [0.15, 0.2) is 29.2 Å². The van der Waals surface area contributed by atoms with Crippen LogP contribution in [-0.2, 0) is 17.1 Å². The summed E-state index contributed by atoms with van der Waals surface area (Å²) >= 11 is 0. The van der Waals surface area contributed by atoms with E-state index in [4.69, 9.17) is 0 Å². The fourth-order valence-corrected chi connectivity index (χ4v) is 3.82. The number of hydrogen-bond donors (Lipinski definition) is 2. The van der Waals surface area contributed by atoms with E-state index in [1.807, 2.05) is 0 Å². The summed E-state index contributed by atoms with van der Waals surface area (Å²) in [5, 5.41) is 13.9. The minimum absolute atomic E-state index is 0.172. The first-order valence-corrected chi connectivity index (χ1v) is 8.02. The lowest BCUT2D eigenvalue weighted by Crippen LogP contribution is -2.16. The number of rotatable bonds is 4. The lowest BCUT2D eigenvalue weighted by molar-refractivity contribution is 0.200. The zero-order chi connectivity index (χ0) is 15.8. The van der Waals surface area contributed by atoms with Crippen LogP contribution < -0.4 is 4.72 Å². The Labute approximate surface area is 124 Å². The molecular weight excluding hydrogens is 290 g/mol. The highest BCUT2D eigenvalue weighted by Gasteiger charge is 2.24. The molecular formula is C14H19N3O3S. The van der Waals surface area contributed by atoms with Crippen molar-refractivity contribution in [2.75, 3.05) is 4.72 Å². The van der Waals surface area contributed by atoms with Crippen molar-refractivity contribution in [1.29, 1.82) is 0 Å². The summed E-state index contributed by atoms with van der Waals surface area (Å²) in [4.78, 5) is 0.172. The Kier molecular flexibility index (Phi) is 4.06. The Morgan fingerprint density at radius 3 is 2.43 bits per heavy atom. The first-order chi connectivity index (χ1) is 9.74. The van der Waals surface area contributed by atoms with Gasteiger partial charge in [-0.15, -0.1) is 0 Å². The second-order valence-electron chi connectivity index (χ2n) is 4.99. The molecule has 0 amide bonds. The molecule has 2 N–H and O–H groups in total. The molecule has 1 aromatic heterocycles. The van der Waals surface area contributed by atoms with Gasteiger partial charge in [0.1, 0.15) is 4.90 Å². The highest BCUT2D eigenvalue weighted by atomic mass is 32.2. The van der Waals surface area contributed by atoms with E-state index in [2.05, 4.69) is 9.82 Å². The maximum absolute atomic E-state index is 12.6. The smallest absolute Gasteiger partial charge is 0.265 e. The molecule has 0 aliphatic carbocycles. The summed E-state index contributed by atoms with van der Waals surface area (Å²) in [5.74, 6) is 0. The zero-order valence-corrected chi connectivity index (χ0v) is 13.3. The van der Waals surface area contributed by atoms with Crippen LogP contribution in [0.1, 0.15) is 30.0 Å². The average Bonchev–Trinajstić information content (AvgIpc) is 2.63. The molecule has 0 aliphatic heterocycles. The number of para-hydroxylation sites is 1. The van der Waals surface area contributed by atoms with Gasteiger partial charge in [-0.05, 0) is 26.8 Å². The van der Waals surface area contributed by atoms with Crippen LogP contribution in [0.4, 0.5) is 5.69 Å². The third kappa shape index (κ3) is 2.93. The molecule has 0 spiro atoms. The summed E-state index contributed by atoms with van der Waals surface area (Å²) in [6.07, 6.45) is -0.764. The molecule has 1 unspecified atom stereocenters. The van der Waals surface area contributed by atoms with Crippen molar-refractivity contribution in [3.63, 3.8) is 0 Å². The van der Waals surface area contributed by atoms with Crippen molar-refractivity contribution < 1.29 is 13.5 Å². The topological polar surface area (TPSA) is 84.2 Å². The number of hydrogen-bond acceptors (Lipinski definition) is 4. The molecule has 2 rings (SSSR count). The van der Waals surface area contributed by atoms with Crippen molar-refractivity contribution in [3.05, 3.63) is 41.2 Å². The normalized spacial score (nSPS) is 13.2. The Morgan fingerprint density at radius 2 is 1.90 bits per heavy atom. The first kappa shape index (κ1) is 15.5. The molecule has 2 aromatic rings. The van der Waals surface area contributed by atoms with Crippen LogP contribution in [0.5, 0.6) is 0 Å². The number of aliphatic hydroxyl groups is 1. The fourth-order valence-electron chi connectivity index (χ4n) is 2.29. The second kappa shape index (κ2) is 5.50. The number of sulfonamides is 1. The van der Waals surface area contributed by atoms with E-state index < -0.39 is 16.1 Å². The van der Waals surface area contributed by atoms with Crippen LogP contribution in [0, 0.1) is 13.8 Å². The van der Waals surface area contributed by atoms with Gasteiger partial charge in [0.2, 0.25) is 0 Å². The van der Waals surface area contributed by atoms with Crippen LogP contribution >= 0.6 is 0 Å². The Balaban J connectivity index is 2.48. The quantitative estimate of drug-likeness (QED) is 0.903. The van der Waals surface area contributed by atoms with Gasteiger partial charge in [0.05, 0.1) is 23.2 Å². The van der Waals surface area contributed by atoms with Crippen LogP contribution in [-0.4, -0.2) is 23.3 Å². The molecule has 114 valence electrons. The molecule has 21 heavy (non-hydrogen) atoms. The average molecular weight is 309 g/mol. The highest BCUT2D eigenvalue weighted by molar-refractivity contribution is 7.92. The minimum atomic E-state index is -3.75. The molecule has 7 heteroatoms. The Bertz CT molecular complexity index is 764. The van der Waals surface area contributed by atoms with E-state index in [1.165, 1.54) is 4.68 Å². The molecule has 0 fully saturated rings. The lowest BCUT2D eigenvalue weighted by atomic mass is 10.1. The lowest BCUT2D eigenvalue weighted by Gasteiger charge is -2.14. The van der Waals surface area contributed by atoms with Gasteiger partial charge in [-0.2, -0.15) is 5.10 Å². The summed E-state index contributed by atoms with van der Waals surface area (Å²) in [6, 6.07) is 6.78. The Morgan fingerprint density at radius 1 is 1.29 bits per heavy atom. The molecule has 1 heterocycles. The van der Waals surface area contributed by atoms with Gasteiger partial charge in [0.25, 0.3) is 10.0 Å². The molecule has 6 nitrogen and oxygen atoms in total. The maximum Gasteiger partial charge on any atom is 0.265 e. The van der Waals surface area contributed by atoms with Crippen LogP contribution in [0.3, 0.4) is 0 Å². The molecule has 0 saturated heterocycles. The first-order valence-electron chi connectivity index (χ1n) is 6.54. The zero-order valence-electron chi connectivity index (χ0n) is 12.5. The summed E-state index contributed by atoms with van der Waals surface area (Å²) in [5.41, 5.74) is 1.90. The number of aromatic nitrogens is 2. The number of nitrogens with zero attached hydrogens (tertiary/aromatic N) is 2. The molecule has 0 saturated carbocycles. The number of benzene rings is 1. The molecule has 0 aliphatic rings. The van der Waals surface area contributed by atoms with E-state index in [0.717, 1.165) is 0 Å². The summed E-state index contributed by atoms with van der Waals surface area (Å²) in [7, 11) is -2.05. The highest BCUT2D eigenvalue weighted by Crippen LogP contribution is 2.27. The third-order valence-corrected chi connectivity index (χ3v) is 4.98. The molecule has 1 aromatic carbocycles. The van der Waals surface area contributed by atoms with E-state index in [9.17, 15) is 13.5 Å². The van der Waals surface area contributed by atoms with Gasteiger partial charge in [-0.1, -0.05) is 18.2 Å². The number of nitrogens with one attached hydrogen (secondary N) is 1. The van der Waals surface area contributed by atoms with E-state index in [-0.39, 0.29) is 4.90 Å². The predicted molar refractivity (Wildman–Crippen MR) is 80.6 cm³/mol. The van der Waals surface area contributed by atoms with Gasteiger partial charge in [-0.25, -0.2) is 8.42 Å². The second-order valence-corrected chi connectivity index (χ2v) is 6.61. The van der Waals surface area contributed by atoms with Crippen LogP contribution in [0.2, 0.25) is 0 Å². The monoisotopic (exact) mass is 309 g/mol. The fraction of sp³-hybridized carbons (Fsp3) is 0.357. The molecule has 0 radical (unpaired) electrons. The van der Waals surface area contributed by atoms with Crippen molar-refractivity contribution in [1.82, 2.24) is 9.78 Å². The van der Waals surface area contributed by atoms with Crippen molar-refractivity contribution >= 4 is 15.7 Å².